The SMILES string of the molecule is CSc1ccc(NC(=O)c2cc3c(cc2[N+](=O)[O-])OCO3)cc1. The Hall–Kier alpha value is -2.74. The van der Waals surface area contributed by atoms with Crippen LogP contribution in [-0.2, 0) is 0 Å². The van der Waals surface area contributed by atoms with Crippen LogP contribution >= 0.6 is 11.8 Å². The van der Waals surface area contributed by atoms with E-state index in [0.717, 1.165) is 4.90 Å². The highest BCUT2D eigenvalue weighted by atomic mass is 32.2. The molecule has 0 fully saturated rings. The van der Waals surface area contributed by atoms with Crippen molar-refractivity contribution in [1.29, 1.82) is 0 Å². The fourth-order valence-electron chi connectivity index (χ4n) is 2.14. The van der Waals surface area contributed by atoms with Crippen molar-refractivity contribution in [3.05, 3.63) is 52.1 Å². The van der Waals surface area contributed by atoms with Gasteiger partial charge < -0.3 is 14.8 Å². The van der Waals surface area contributed by atoms with E-state index in [1.54, 1.807) is 23.9 Å². The molecule has 8 heteroatoms. The third kappa shape index (κ3) is 3.07. The largest absolute Gasteiger partial charge is 0.454 e. The van der Waals surface area contributed by atoms with Crippen molar-refractivity contribution in [1.82, 2.24) is 0 Å². The van der Waals surface area contributed by atoms with Gasteiger partial charge in [0, 0.05) is 16.6 Å². The average molecular weight is 332 g/mol. The van der Waals surface area contributed by atoms with Crippen molar-refractivity contribution in [2.45, 2.75) is 4.90 Å². The fourth-order valence-corrected chi connectivity index (χ4v) is 2.55. The highest BCUT2D eigenvalue weighted by Crippen LogP contribution is 2.38. The number of carbonyl (C=O) groups excluding carboxylic acids is 1. The van der Waals surface area contributed by atoms with E-state index >= 15 is 0 Å². The first-order valence-electron chi connectivity index (χ1n) is 6.62. The minimum atomic E-state index is -0.617. The van der Waals surface area contributed by atoms with Gasteiger partial charge in [-0.05, 0) is 30.5 Å². The molecule has 23 heavy (non-hydrogen) atoms. The van der Waals surface area contributed by atoms with Crippen molar-refractivity contribution >= 4 is 29.0 Å². The molecule has 1 aliphatic rings. The number of fused-ring (bicyclic) bond motifs is 1. The maximum absolute atomic E-state index is 12.4. The Labute approximate surface area is 135 Å². The predicted molar refractivity (Wildman–Crippen MR) is 85.4 cm³/mol. The minimum absolute atomic E-state index is 0.0201. The van der Waals surface area contributed by atoms with Crippen molar-refractivity contribution in [3.63, 3.8) is 0 Å². The van der Waals surface area contributed by atoms with E-state index in [-0.39, 0.29) is 23.8 Å². The maximum atomic E-state index is 12.4. The van der Waals surface area contributed by atoms with Crippen LogP contribution in [0.4, 0.5) is 11.4 Å². The van der Waals surface area contributed by atoms with Gasteiger partial charge in [0.15, 0.2) is 11.5 Å². The Morgan fingerprint density at radius 1 is 1.22 bits per heavy atom. The smallest absolute Gasteiger partial charge is 0.286 e. The van der Waals surface area contributed by atoms with Gasteiger partial charge in [-0.1, -0.05) is 0 Å². The number of carbonyl (C=O) groups is 1. The highest BCUT2D eigenvalue weighted by molar-refractivity contribution is 7.98. The van der Waals surface area contributed by atoms with Gasteiger partial charge in [-0.15, -0.1) is 11.8 Å². The molecule has 0 aromatic heterocycles. The molecule has 0 spiro atoms. The monoisotopic (exact) mass is 332 g/mol. The molecule has 1 heterocycles. The van der Waals surface area contributed by atoms with E-state index in [4.69, 9.17) is 9.47 Å². The van der Waals surface area contributed by atoms with Gasteiger partial charge in [-0.2, -0.15) is 0 Å². The summed E-state index contributed by atoms with van der Waals surface area (Å²) >= 11 is 1.58. The second-order valence-corrected chi connectivity index (χ2v) is 5.54. The van der Waals surface area contributed by atoms with Crippen molar-refractivity contribution in [3.8, 4) is 11.5 Å². The van der Waals surface area contributed by atoms with Gasteiger partial charge >= 0.3 is 0 Å². The number of nitrogens with zero attached hydrogens (tertiary/aromatic N) is 1. The summed E-state index contributed by atoms with van der Waals surface area (Å²) in [6.45, 7) is -0.0201. The molecular formula is C15H12N2O5S. The molecule has 2 aromatic carbocycles. The van der Waals surface area contributed by atoms with Crippen LogP contribution in [0.15, 0.2) is 41.3 Å². The summed E-state index contributed by atoms with van der Waals surface area (Å²) in [4.78, 5) is 24.0. The number of hydrogen-bond acceptors (Lipinski definition) is 6. The summed E-state index contributed by atoms with van der Waals surface area (Å²) in [7, 11) is 0. The van der Waals surface area contributed by atoms with Gasteiger partial charge in [-0.3, -0.25) is 14.9 Å². The van der Waals surface area contributed by atoms with Crippen LogP contribution < -0.4 is 14.8 Å². The highest BCUT2D eigenvalue weighted by Gasteiger charge is 2.27. The molecule has 0 aliphatic carbocycles. The first kappa shape index (κ1) is 15.2. The second kappa shape index (κ2) is 6.17. The van der Waals surface area contributed by atoms with E-state index in [9.17, 15) is 14.9 Å². The molecule has 2 aromatic rings. The summed E-state index contributed by atoms with van der Waals surface area (Å²) in [6.07, 6.45) is 1.95. The van der Waals surface area contributed by atoms with E-state index < -0.39 is 10.8 Å². The third-order valence-corrected chi connectivity index (χ3v) is 4.02. The Morgan fingerprint density at radius 2 is 1.87 bits per heavy atom. The van der Waals surface area contributed by atoms with Crippen molar-refractivity contribution in [2.24, 2.45) is 0 Å². The zero-order valence-electron chi connectivity index (χ0n) is 12.1. The van der Waals surface area contributed by atoms with Crippen molar-refractivity contribution in [2.75, 3.05) is 18.4 Å². The van der Waals surface area contributed by atoms with Crippen LogP contribution in [-0.4, -0.2) is 23.9 Å². The van der Waals surface area contributed by atoms with E-state index in [1.807, 2.05) is 18.4 Å². The molecule has 0 radical (unpaired) electrons. The summed E-state index contributed by atoms with van der Waals surface area (Å²) in [5.41, 5.74) is 0.153. The molecule has 0 saturated carbocycles. The Bertz CT molecular complexity index is 776. The zero-order chi connectivity index (χ0) is 16.4. The summed E-state index contributed by atoms with van der Waals surface area (Å²) in [5, 5.41) is 13.8. The number of hydrogen-bond donors (Lipinski definition) is 1. The lowest BCUT2D eigenvalue weighted by Crippen LogP contribution is -2.14. The predicted octanol–water partition coefficient (Wildman–Crippen LogP) is 3.30. The fraction of sp³-hybridized carbons (Fsp3) is 0.133. The molecular weight excluding hydrogens is 320 g/mol. The minimum Gasteiger partial charge on any atom is -0.454 e. The number of rotatable bonds is 4. The Morgan fingerprint density at radius 3 is 2.48 bits per heavy atom. The summed E-state index contributed by atoms with van der Waals surface area (Å²) < 4.78 is 10.3. The van der Waals surface area contributed by atoms with Gasteiger partial charge in [0.2, 0.25) is 6.79 Å². The van der Waals surface area contributed by atoms with E-state index in [1.165, 1.54) is 12.1 Å². The van der Waals surface area contributed by atoms with Crippen molar-refractivity contribution < 1.29 is 19.2 Å². The van der Waals surface area contributed by atoms with Gasteiger partial charge in [0.05, 0.1) is 11.0 Å². The molecule has 3 rings (SSSR count). The number of nitrogens with one attached hydrogen (secondary N) is 1. The molecule has 1 aliphatic heterocycles. The van der Waals surface area contributed by atoms with Crippen LogP contribution in [0.25, 0.3) is 0 Å². The normalized spacial score (nSPS) is 12.0. The molecule has 0 unspecified atom stereocenters. The number of thioether (sulfide) groups is 1. The lowest BCUT2D eigenvalue weighted by molar-refractivity contribution is -0.385. The second-order valence-electron chi connectivity index (χ2n) is 4.66. The Balaban J connectivity index is 1.90. The average Bonchev–Trinajstić information content (AvgIpc) is 3.01. The zero-order valence-corrected chi connectivity index (χ0v) is 12.9. The molecule has 1 N–H and O–H groups in total. The number of anilines is 1. The first-order valence-corrected chi connectivity index (χ1v) is 7.84. The summed E-state index contributed by atoms with van der Waals surface area (Å²) in [5.74, 6) is 0.00274. The van der Waals surface area contributed by atoms with Crippen LogP contribution in [0, 0.1) is 10.1 Å². The maximum Gasteiger partial charge on any atom is 0.286 e. The molecule has 0 bridgehead atoms. The molecule has 0 saturated heterocycles. The lowest BCUT2D eigenvalue weighted by Gasteiger charge is -2.07. The van der Waals surface area contributed by atoms with E-state index in [0.29, 0.717) is 11.4 Å². The number of nitro groups is 1. The van der Waals surface area contributed by atoms with E-state index in [2.05, 4.69) is 5.32 Å². The molecule has 0 atom stereocenters. The number of nitro benzene ring substituents is 1. The number of amides is 1. The molecule has 7 nitrogen and oxygen atoms in total. The van der Waals surface area contributed by atoms with Crippen LogP contribution in [0.3, 0.4) is 0 Å². The number of ether oxygens (including phenoxy) is 2. The van der Waals surface area contributed by atoms with Gasteiger partial charge in [0.1, 0.15) is 5.56 Å². The number of benzene rings is 2. The third-order valence-electron chi connectivity index (χ3n) is 3.28. The quantitative estimate of drug-likeness (QED) is 0.525. The molecule has 118 valence electrons. The van der Waals surface area contributed by atoms with Crippen LogP contribution in [0.5, 0.6) is 11.5 Å². The van der Waals surface area contributed by atoms with Gasteiger partial charge in [0.25, 0.3) is 11.6 Å². The van der Waals surface area contributed by atoms with Crippen LogP contribution in [0.2, 0.25) is 0 Å². The van der Waals surface area contributed by atoms with Crippen LogP contribution in [0.1, 0.15) is 10.4 Å². The topological polar surface area (TPSA) is 90.7 Å². The van der Waals surface area contributed by atoms with Gasteiger partial charge in [-0.25, -0.2) is 0 Å². The standard InChI is InChI=1S/C15H12N2O5S/c1-23-10-4-2-9(3-5-10)16-15(18)11-6-13-14(22-8-21-13)7-12(11)17(19)20/h2-7H,8H2,1H3,(H,16,18). The molecule has 1 amide bonds. The first-order chi connectivity index (χ1) is 11.1. The summed E-state index contributed by atoms with van der Waals surface area (Å²) in [6, 6.07) is 9.72. The Kier molecular flexibility index (Phi) is 4.07. The lowest BCUT2D eigenvalue weighted by atomic mass is 10.1.